The average molecular weight is 456 g/mol. The van der Waals surface area contributed by atoms with Gasteiger partial charge in [-0.05, 0) is 74.3 Å². The molecule has 1 aromatic carbocycles. The molecule has 184 valence electrons. The number of anilines is 1. The standard InChI is InChI=1S/C28H45N3O2/c1-11-12-18-33-19-21-22(20-16-14-13-15-17-20)24(29-26(2,3)4)31(28(8,9)10)23(21)25(32)30-27(5,6)7/h13-17,29H,11-12,18-19H2,1-10H3,(H,30,32). The number of ether oxygens (including phenoxy) is 1. The van der Waals surface area contributed by atoms with E-state index < -0.39 is 0 Å². The molecule has 0 fully saturated rings. The van der Waals surface area contributed by atoms with Gasteiger partial charge in [-0.15, -0.1) is 0 Å². The second kappa shape index (κ2) is 10.3. The van der Waals surface area contributed by atoms with E-state index in [1.54, 1.807) is 0 Å². The first-order valence-electron chi connectivity index (χ1n) is 12.2. The van der Waals surface area contributed by atoms with Crippen molar-refractivity contribution in [2.24, 2.45) is 0 Å². The van der Waals surface area contributed by atoms with Crippen LogP contribution in [0.2, 0.25) is 0 Å². The van der Waals surface area contributed by atoms with Crippen LogP contribution in [-0.2, 0) is 16.9 Å². The zero-order valence-electron chi connectivity index (χ0n) is 22.5. The second-order valence-corrected chi connectivity index (χ2v) is 11.9. The van der Waals surface area contributed by atoms with Crippen molar-refractivity contribution in [2.75, 3.05) is 11.9 Å². The summed E-state index contributed by atoms with van der Waals surface area (Å²) in [7, 11) is 0. The molecule has 2 rings (SSSR count). The Balaban J connectivity index is 2.89. The topological polar surface area (TPSA) is 55.3 Å². The molecule has 33 heavy (non-hydrogen) atoms. The molecule has 0 radical (unpaired) electrons. The van der Waals surface area contributed by atoms with Crippen LogP contribution < -0.4 is 10.6 Å². The number of amides is 1. The largest absolute Gasteiger partial charge is 0.377 e. The van der Waals surface area contributed by atoms with Crippen LogP contribution in [0, 0.1) is 0 Å². The van der Waals surface area contributed by atoms with Gasteiger partial charge in [0.25, 0.3) is 5.91 Å². The summed E-state index contributed by atoms with van der Waals surface area (Å²) in [5.74, 6) is 0.875. The molecule has 0 aliphatic carbocycles. The van der Waals surface area contributed by atoms with Crippen LogP contribution in [0.3, 0.4) is 0 Å². The molecule has 0 atom stereocenters. The van der Waals surface area contributed by atoms with E-state index >= 15 is 0 Å². The van der Waals surface area contributed by atoms with Gasteiger partial charge in [-0.1, -0.05) is 43.7 Å². The van der Waals surface area contributed by atoms with E-state index in [1.807, 2.05) is 39.0 Å². The Morgan fingerprint density at radius 2 is 1.55 bits per heavy atom. The van der Waals surface area contributed by atoms with Gasteiger partial charge in [0.2, 0.25) is 0 Å². The fourth-order valence-electron chi connectivity index (χ4n) is 3.88. The summed E-state index contributed by atoms with van der Waals surface area (Å²) in [6, 6.07) is 10.3. The van der Waals surface area contributed by atoms with Crippen molar-refractivity contribution in [1.82, 2.24) is 9.88 Å². The highest BCUT2D eigenvalue weighted by atomic mass is 16.5. The molecule has 1 aromatic heterocycles. The quantitative estimate of drug-likeness (QED) is 0.423. The number of carbonyl (C=O) groups is 1. The molecule has 5 heteroatoms. The lowest BCUT2D eigenvalue weighted by molar-refractivity contribution is 0.0888. The minimum absolute atomic E-state index is 0.0781. The number of rotatable bonds is 8. The number of hydrogen-bond acceptors (Lipinski definition) is 3. The van der Waals surface area contributed by atoms with Crippen molar-refractivity contribution in [1.29, 1.82) is 0 Å². The number of unbranched alkanes of at least 4 members (excludes halogenated alkanes) is 1. The van der Waals surface area contributed by atoms with E-state index in [9.17, 15) is 4.79 Å². The minimum Gasteiger partial charge on any atom is -0.377 e. The number of carbonyl (C=O) groups excluding carboxylic acids is 1. The zero-order valence-corrected chi connectivity index (χ0v) is 22.5. The van der Waals surface area contributed by atoms with Gasteiger partial charge in [-0.2, -0.15) is 0 Å². The third-order valence-corrected chi connectivity index (χ3v) is 5.09. The fourth-order valence-corrected chi connectivity index (χ4v) is 3.88. The van der Waals surface area contributed by atoms with Crippen LogP contribution in [0.5, 0.6) is 0 Å². The first-order chi connectivity index (χ1) is 15.2. The van der Waals surface area contributed by atoms with E-state index in [4.69, 9.17) is 4.74 Å². The predicted molar refractivity (Wildman–Crippen MR) is 140 cm³/mol. The molecule has 0 aliphatic rings. The third kappa shape index (κ3) is 7.36. The van der Waals surface area contributed by atoms with Gasteiger partial charge >= 0.3 is 0 Å². The molecule has 2 N–H and O–H groups in total. The number of aromatic nitrogens is 1. The lowest BCUT2D eigenvalue weighted by atomic mass is 10.0. The van der Waals surface area contributed by atoms with Gasteiger partial charge in [-0.3, -0.25) is 4.79 Å². The van der Waals surface area contributed by atoms with Gasteiger partial charge in [-0.25, -0.2) is 0 Å². The molecule has 5 nitrogen and oxygen atoms in total. The third-order valence-electron chi connectivity index (χ3n) is 5.09. The Bertz CT molecular complexity index is 923. The SMILES string of the molecule is CCCCOCc1c(-c2ccccc2)c(NC(C)(C)C)n(C(C)(C)C)c1C(=O)NC(C)(C)C. The van der Waals surface area contributed by atoms with Gasteiger partial charge < -0.3 is 19.9 Å². The lowest BCUT2D eigenvalue weighted by Gasteiger charge is -2.32. The van der Waals surface area contributed by atoms with E-state index in [2.05, 4.69) is 75.8 Å². The first kappa shape index (κ1) is 27.0. The number of benzene rings is 1. The van der Waals surface area contributed by atoms with Crippen LogP contribution in [-0.4, -0.2) is 28.2 Å². The maximum absolute atomic E-state index is 13.8. The highest BCUT2D eigenvalue weighted by Crippen LogP contribution is 2.42. The summed E-state index contributed by atoms with van der Waals surface area (Å²) in [5, 5.41) is 6.93. The van der Waals surface area contributed by atoms with E-state index in [0.29, 0.717) is 18.9 Å². The summed E-state index contributed by atoms with van der Waals surface area (Å²) in [5.41, 5.74) is 2.84. The molecule has 0 saturated heterocycles. The molecule has 1 heterocycles. The van der Waals surface area contributed by atoms with Crippen molar-refractivity contribution < 1.29 is 9.53 Å². The van der Waals surface area contributed by atoms with Crippen molar-refractivity contribution in [3.8, 4) is 11.1 Å². The molecular formula is C28H45N3O2. The van der Waals surface area contributed by atoms with Gasteiger partial charge in [0, 0.05) is 34.4 Å². The first-order valence-corrected chi connectivity index (χ1v) is 12.2. The summed E-state index contributed by atoms with van der Waals surface area (Å²) in [6.07, 6.45) is 2.07. The minimum atomic E-state index is -0.352. The number of nitrogens with one attached hydrogen (secondary N) is 2. The zero-order chi connectivity index (χ0) is 25.0. The molecule has 0 aliphatic heterocycles. The molecule has 0 spiro atoms. The second-order valence-electron chi connectivity index (χ2n) is 11.9. The summed E-state index contributed by atoms with van der Waals surface area (Å²) >= 11 is 0. The normalized spacial score (nSPS) is 12.7. The molecule has 0 saturated carbocycles. The van der Waals surface area contributed by atoms with Crippen molar-refractivity contribution in [3.05, 3.63) is 41.6 Å². The Kier molecular flexibility index (Phi) is 8.45. The lowest BCUT2D eigenvalue weighted by Crippen LogP contribution is -2.43. The van der Waals surface area contributed by atoms with Crippen LogP contribution in [0.4, 0.5) is 5.82 Å². The average Bonchev–Trinajstić information content (AvgIpc) is 2.97. The maximum Gasteiger partial charge on any atom is 0.268 e. The number of nitrogens with zero attached hydrogens (tertiary/aromatic N) is 1. The monoisotopic (exact) mass is 455 g/mol. The molecular weight excluding hydrogens is 410 g/mol. The van der Waals surface area contributed by atoms with Crippen LogP contribution in [0.25, 0.3) is 11.1 Å². The van der Waals surface area contributed by atoms with Crippen LogP contribution >= 0.6 is 0 Å². The molecule has 1 amide bonds. The summed E-state index contributed by atoms with van der Waals surface area (Å²) < 4.78 is 8.30. The maximum atomic E-state index is 13.8. The van der Waals surface area contributed by atoms with E-state index in [0.717, 1.165) is 35.3 Å². The van der Waals surface area contributed by atoms with Crippen molar-refractivity contribution in [3.63, 3.8) is 0 Å². The highest BCUT2D eigenvalue weighted by molar-refractivity contribution is 6.00. The van der Waals surface area contributed by atoms with Crippen molar-refractivity contribution in [2.45, 2.75) is 105 Å². The number of hydrogen-bond donors (Lipinski definition) is 2. The molecule has 2 aromatic rings. The Morgan fingerprint density at radius 1 is 0.939 bits per heavy atom. The molecule has 0 bridgehead atoms. The van der Waals surface area contributed by atoms with Gasteiger partial charge in [0.15, 0.2) is 0 Å². The van der Waals surface area contributed by atoms with E-state index in [-0.39, 0.29) is 22.5 Å². The Hall–Kier alpha value is -2.27. The Labute approximate surface area is 201 Å². The van der Waals surface area contributed by atoms with Crippen molar-refractivity contribution >= 4 is 11.7 Å². The smallest absolute Gasteiger partial charge is 0.268 e. The van der Waals surface area contributed by atoms with Crippen LogP contribution in [0.15, 0.2) is 30.3 Å². The highest BCUT2D eigenvalue weighted by Gasteiger charge is 2.35. The predicted octanol–water partition coefficient (Wildman–Crippen LogP) is 6.97. The van der Waals surface area contributed by atoms with E-state index in [1.165, 1.54) is 0 Å². The molecule has 0 unspecified atom stereocenters. The van der Waals surface area contributed by atoms with Crippen LogP contribution in [0.1, 0.15) is 98.1 Å². The fraction of sp³-hybridized carbons (Fsp3) is 0.607. The van der Waals surface area contributed by atoms with Gasteiger partial charge in [0.1, 0.15) is 11.5 Å². The summed E-state index contributed by atoms with van der Waals surface area (Å²) in [6.45, 7) is 22.1. The van der Waals surface area contributed by atoms with Gasteiger partial charge in [0.05, 0.1) is 6.61 Å². The summed E-state index contributed by atoms with van der Waals surface area (Å²) in [4.78, 5) is 13.8. The Morgan fingerprint density at radius 3 is 2.03 bits per heavy atom.